The zero-order valence-electron chi connectivity index (χ0n) is 14.1. The number of aryl methyl sites for hydroxylation is 4. The van der Waals surface area contributed by atoms with Crippen LogP contribution in [-0.2, 0) is 0 Å². The standard InChI is InChI=1S/C18H20Cl2N2O2/c1-10-5-13(4)17(15(19)6-10)22-18(23)21-9-24-14-7-11(2)16(20)12(3)8-14/h5-8H,9H2,1-4H3,(H2,21,22,23). The van der Waals surface area contributed by atoms with E-state index in [1.54, 1.807) is 6.07 Å². The molecule has 2 rings (SSSR count). The minimum Gasteiger partial charge on any atom is -0.473 e. The third kappa shape index (κ3) is 4.56. The van der Waals surface area contributed by atoms with Gasteiger partial charge in [-0.05, 0) is 68.1 Å². The highest BCUT2D eigenvalue weighted by Crippen LogP contribution is 2.27. The second-order valence-corrected chi connectivity index (χ2v) is 6.51. The van der Waals surface area contributed by atoms with Crippen molar-refractivity contribution in [3.8, 4) is 5.75 Å². The van der Waals surface area contributed by atoms with Gasteiger partial charge in [0.25, 0.3) is 0 Å². The van der Waals surface area contributed by atoms with Crippen molar-refractivity contribution in [1.82, 2.24) is 5.32 Å². The van der Waals surface area contributed by atoms with Crippen LogP contribution in [0.1, 0.15) is 22.3 Å². The molecule has 2 aromatic rings. The highest BCUT2D eigenvalue weighted by molar-refractivity contribution is 6.34. The SMILES string of the molecule is Cc1cc(C)c(NC(=O)NCOc2cc(C)c(Cl)c(C)c2)c(Cl)c1. The molecule has 0 heterocycles. The second-order valence-electron chi connectivity index (χ2n) is 5.73. The largest absolute Gasteiger partial charge is 0.473 e. The molecule has 0 atom stereocenters. The first-order valence-corrected chi connectivity index (χ1v) is 8.24. The maximum absolute atomic E-state index is 12.0. The van der Waals surface area contributed by atoms with E-state index in [0.29, 0.717) is 16.5 Å². The Kier molecular flexibility index (Phi) is 5.97. The number of hydrogen-bond donors (Lipinski definition) is 2. The number of ether oxygens (including phenoxy) is 1. The second kappa shape index (κ2) is 7.77. The van der Waals surface area contributed by atoms with Crippen molar-refractivity contribution in [1.29, 1.82) is 0 Å². The summed E-state index contributed by atoms with van der Waals surface area (Å²) in [6.45, 7) is 7.70. The molecule has 2 N–H and O–H groups in total. The number of benzene rings is 2. The van der Waals surface area contributed by atoms with Gasteiger partial charge in [0.1, 0.15) is 5.75 Å². The maximum atomic E-state index is 12.0. The van der Waals surface area contributed by atoms with Gasteiger partial charge < -0.3 is 15.4 Å². The lowest BCUT2D eigenvalue weighted by Crippen LogP contribution is -2.32. The molecule has 24 heavy (non-hydrogen) atoms. The van der Waals surface area contributed by atoms with Gasteiger partial charge in [-0.3, -0.25) is 0 Å². The summed E-state index contributed by atoms with van der Waals surface area (Å²) in [5.74, 6) is 0.652. The molecule has 4 nitrogen and oxygen atoms in total. The Morgan fingerprint density at radius 2 is 1.62 bits per heavy atom. The third-order valence-corrected chi connectivity index (χ3v) is 4.45. The molecule has 0 spiro atoms. The molecule has 0 radical (unpaired) electrons. The van der Waals surface area contributed by atoms with Gasteiger partial charge in [-0.2, -0.15) is 0 Å². The maximum Gasteiger partial charge on any atom is 0.321 e. The molecule has 128 valence electrons. The Bertz CT molecular complexity index is 730. The molecular weight excluding hydrogens is 347 g/mol. The number of rotatable bonds is 4. The van der Waals surface area contributed by atoms with E-state index < -0.39 is 0 Å². The first-order chi connectivity index (χ1) is 11.3. The lowest BCUT2D eigenvalue weighted by atomic mass is 10.1. The van der Waals surface area contributed by atoms with Crippen molar-refractivity contribution in [2.45, 2.75) is 27.7 Å². The van der Waals surface area contributed by atoms with E-state index in [9.17, 15) is 4.79 Å². The first kappa shape index (κ1) is 18.4. The molecule has 0 aliphatic rings. The summed E-state index contributed by atoms with van der Waals surface area (Å²) < 4.78 is 5.55. The summed E-state index contributed by atoms with van der Waals surface area (Å²) in [6, 6.07) is 7.04. The third-order valence-electron chi connectivity index (χ3n) is 3.55. The van der Waals surface area contributed by atoms with Crippen LogP contribution < -0.4 is 15.4 Å². The zero-order chi connectivity index (χ0) is 17.9. The van der Waals surface area contributed by atoms with E-state index in [1.807, 2.05) is 45.9 Å². The highest BCUT2D eigenvalue weighted by atomic mass is 35.5. The minimum atomic E-state index is -0.383. The summed E-state index contributed by atoms with van der Waals surface area (Å²) in [5, 5.41) is 6.61. The molecule has 0 saturated heterocycles. The predicted octanol–water partition coefficient (Wildman–Crippen LogP) is 5.39. The van der Waals surface area contributed by atoms with Crippen LogP contribution in [0.2, 0.25) is 10.0 Å². The van der Waals surface area contributed by atoms with Gasteiger partial charge >= 0.3 is 6.03 Å². The molecule has 0 aliphatic heterocycles. The van der Waals surface area contributed by atoms with E-state index in [-0.39, 0.29) is 12.8 Å². The van der Waals surface area contributed by atoms with Crippen molar-refractivity contribution < 1.29 is 9.53 Å². The fourth-order valence-corrected chi connectivity index (χ4v) is 2.88. The molecule has 0 aliphatic carbocycles. The number of amides is 2. The summed E-state index contributed by atoms with van der Waals surface area (Å²) in [5.41, 5.74) is 4.40. The Labute approximate surface area is 152 Å². The Morgan fingerprint density at radius 3 is 2.21 bits per heavy atom. The summed E-state index contributed by atoms with van der Waals surface area (Å²) in [6.07, 6.45) is 0. The van der Waals surface area contributed by atoms with Crippen LogP contribution in [0.4, 0.5) is 10.5 Å². The van der Waals surface area contributed by atoms with Gasteiger partial charge in [0.05, 0.1) is 10.7 Å². The minimum absolute atomic E-state index is 0.0366. The van der Waals surface area contributed by atoms with E-state index >= 15 is 0 Å². The van der Waals surface area contributed by atoms with Gasteiger partial charge in [-0.1, -0.05) is 29.3 Å². The Hall–Kier alpha value is -1.91. The summed E-state index contributed by atoms with van der Waals surface area (Å²) >= 11 is 12.3. The van der Waals surface area contributed by atoms with Crippen molar-refractivity contribution in [3.05, 3.63) is 56.6 Å². The number of carbonyl (C=O) groups excluding carboxylic acids is 1. The van der Waals surface area contributed by atoms with Crippen molar-refractivity contribution in [2.75, 3.05) is 12.0 Å². The van der Waals surface area contributed by atoms with E-state index in [1.165, 1.54) is 0 Å². The average molecular weight is 367 g/mol. The smallest absolute Gasteiger partial charge is 0.321 e. The number of urea groups is 1. The van der Waals surface area contributed by atoms with Crippen LogP contribution in [0, 0.1) is 27.7 Å². The molecule has 6 heteroatoms. The lowest BCUT2D eigenvalue weighted by molar-refractivity contribution is 0.234. The number of nitrogens with one attached hydrogen (secondary N) is 2. The fourth-order valence-electron chi connectivity index (χ4n) is 2.41. The van der Waals surface area contributed by atoms with E-state index in [0.717, 1.165) is 27.3 Å². The van der Waals surface area contributed by atoms with Gasteiger partial charge in [0.2, 0.25) is 0 Å². The predicted molar refractivity (Wildman–Crippen MR) is 99.5 cm³/mol. The lowest BCUT2D eigenvalue weighted by Gasteiger charge is -2.14. The van der Waals surface area contributed by atoms with Crippen LogP contribution >= 0.6 is 23.2 Å². The number of carbonyl (C=O) groups is 1. The van der Waals surface area contributed by atoms with Crippen molar-refractivity contribution >= 4 is 34.9 Å². The van der Waals surface area contributed by atoms with Crippen LogP contribution in [0.5, 0.6) is 5.75 Å². The van der Waals surface area contributed by atoms with Crippen LogP contribution in [0.25, 0.3) is 0 Å². The fraction of sp³-hybridized carbons (Fsp3) is 0.278. The molecule has 0 unspecified atom stereocenters. The normalized spacial score (nSPS) is 10.4. The molecule has 0 saturated carbocycles. The highest BCUT2D eigenvalue weighted by Gasteiger charge is 2.09. The Balaban J connectivity index is 1.93. The average Bonchev–Trinajstić information content (AvgIpc) is 2.48. The van der Waals surface area contributed by atoms with Crippen LogP contribution in [-0.4, -0.2) is 12.8 Å². The van der Waals surface area contributed by atoms with Crippen LogP contribution in [0.15, 0.2) is 24.3 Å². The molecule has 2 amide bonds. The molecular formula is C18H20Cl2N2O2. The number of halogens is 2. The summed E-state index contributed by atoms with van der Waals surface area (Å²) in [4.78, 5) is 12.0. The van der Waals surface area contributed by atoms with Gasteiger partial charge in [-0.15, -0.1) is 0 Å². The quantitative estimate of drug-likeness (QED) is 0.713. The van der Waals surface area contributed by atoms with Gasteiger partial charge in [0.15, 0.2) is 6.73 Å². The van der Waals surface area contributed by atoms with Gasteiger partial charge in [0, 0.05) is 5.02 Å². The summed E-state index contributed by atoms with van der Waals surface area (Å²) in [7, 11) is 0. The van der Waals surface area contributed by atoms with Crippen LogP contribution in [0.3, 0.4) is 0 Å². The molecule has 0 bridgehead atoms. The molecule has 2 aromatic carbocycles. The van der Waals surface area contributed by atoms with Gasteiger partial charge in [-0.25, -0.2) is 4.79 Å². The van der Waals surface area contributed by atoms with Crippen molar-refractivity contribution in [2.24, 2.45) is 0 Å². The van der Waals surface area contributed by atoms with Crippen molar-refractivity contribution in [3.63, 3.8) is 0 Å². The molecule has 0 fully saturated rings. The van der Waals surface area contributed by atoms with E-state index in [4.69, 9.17) is 27.9 Å². The number of anilines is 1. The number of hydrogen-bond acceptors (Lipinski definition) is 2. The van der Waals surface area contributed by atoms with E-state index in [2.05, 4.69) is 10.6 Å². The molecule has 0 aromatic heterocycles. The zero-order valence-corrected chi connectivity index (χ0v) is 15.6. The monoisotopic (exact) mass is 366 g/mol. The first-order valence-electron chi connectivity index (χ1n) is 7.49. The topological polar surface area (TPSA) is 50.4 Å². The Morgan fingerprint density at radius 1 is 1.00 bits per heavy atom.